The monoisotopic (exact) mass is 303 g/mol. The van der Waals surface area contributed by atoms with Gasteiger partial charge in [-0.2, -0.15) is 11.8 Å². The second-order valence-electron chi connectivity index (χ2n) is 4.56. The molecule has 1 aliphatic heterocycles. The molecule has 1 atom stereocenters. The molecular weight excluding hydrogens is 282 g/mol. The van der Waals surface area contributed by atoms with Gasteiger partial charge in [-0.15, -0.1) is 0 Å². The Kier molecular flexibility index (Phi) is 7.38. The lowest BCUT2D eigenvalue weighted by molar-refractivity contribution is -0.142. The molecule has 1 heterocycles. The van der Waals surface area contributed by atoms with Gasteiger partial charge in [0.1, 0.15) is 6.04 Å². The van der Waals surface area contributed by atoms with Crippen molar-refractivity contribution in [2.45, 2.75) is 25.8 Å². The molecule has 20 heavy (non-hydrogen) atoms. The summed E-state index contributed by atoms with van der Waals surface area (Å²) in [6, 6.07) is -1.19. The van der Waals surface area contributed by atoms with Gasteiger partial charge in [-0.05, 0) is 6.42 Å². The summed E-state index contributed by atoms with van der Waals surface area (Å²) in [5.41, 5.74) is 0. The fourth-order valence-electron chi connectivity index (χ4n) is 1.83. The number of unbranched alkanes of at least 4 members (excludes halogenated alkanes) is 1. The fourth-order valence-corrected chi connectivity index (χ4v) is 2.94. The third-order valence-corrected chi connectivity index (χ3v) is 3.96. The van der Waals surface area contributed by atoms with Crippen LogP contribution >= 0.6 is 11.8 Å². The van der Waals surface area contributed by atoms with E-state index in [0.29, 0.717) is 18.8 Å². The average Bonchev–Trinajstić information content (AvgIpc) is 2.39. The summed E-state index contributed by atoms with van der Waals surface area (Å²) in [5.74, 6) is -0.153. The quantitative estimate of drug-likeness (QED) is 0.603. The van der Waals surface area contributed by atoms with Crippen LogP contribution < -0.4 is 10.6 Å². The van der Waals surface area contributed by atoms with E-state index in [1.54, 1.807) is 16.7 Å². The molecule has 0 aliphatic carbocycles. The maximum absolute atomic E-state index is 11.7. The number of carboxylic acid groups (broad SMARTS) is 1. The maximum atomic E-state index is 11.7. The molecule has 3 N–H and O–H groups in total. The number of nitrogens with zero attached hydrogens (tertiary/aromatic N) is 1. The number of rotatable bonds is 6. The van der Waals surface area contributed by atoms with Crippen molar-refractivity contribution in [1.82, 2.24) is 15.5 Å². The van der Waals surface area contributed by atoms with Gasteiger partial charge in [-0.3, -0.25) is 19.8 Å². The van der Waals surface area contributed by atoms with Gasteiger partial charge >= 0.3 is 12.0 Å². The van der Waals surface area contributed by atoms with E-state index >= 15 is 0 Å². The van der Waals surface area contributed by atoms with Crippen LogP contribution in [0.25, 0.3) is 0 Å². The molecule has 0 aromatic heterocycles. The van der Waals surface area contributed by atoms with Gasteiger partial charge in [0.15, 0.2) is 0 Å². The second kappa shape index (κ2) is 8.80. The normalized spacial score (nSPS) is 19.4. The molecule has 0 aromatic carbocycles. The third kappa shape index (κ3) is 5.79. The lowest BCUT2D eigenvalue weighted by Crippen LogP contribution is -2.52. The molecule has 0 saturated carbocycles. The summed E-state index contributed by atoms with van der Waals surface area (Å²) in [6.45, 7) is 2.99. The molecule has 0 aromatic rings. The highest BCUT2D eigenvalue weighted by molar-refractivity contribution is 7.99. The largest absolute Gasteiger partial charge is 0.480 e. The van der Waals surface area contributed by atoms with Crippen LogP contribution in [0.2, 0.25) is 0 Å². The first-order valence-corrected chi connectivity index (χ1v) is 7.82. The number of urea groups is 1. The average molecular weight is 303 g/mol. The van der Waals surface area contributed by atoms with E-state index in [4.69, 9.17) is 5.11 Å². The highest BCUT2D eigenvalue weighted by Gasteiger charge is 2.30. The predicted octanol–water partition coefficient (Wildman–Crippen LogP) is 0.114. The smallest absolute Gasteiger partial charge is 0.321 e. The molecular formula is C12H21N3O4S. The Bertz CT molecular complexity index is 365. The molecule has 1 saturated heterocycles. The van der Waals surface area contributed by atoms with Gasteiger partial charge in [0.25, 0.3) is 0 Å². The number of hydrogen-bond acceptors (Lipinski definition) is 5. The van der Waals surface area contributed by atoms with Crippen molar-refractivity contribution in [3.63, 3.8) is 0 Å². The zero-order valence-electron chi connectivity index (χ0n) is 11.6. The van der Waals surface area contributed by atoms with E-state index in [1.807, 2.05) is 6.92 Å². The Morgan fingerprint density at radius 2 is 2.15 bits per heavy atom. The second-order valence-corrected chi connectivity index (χ2v) is 5.71. The molecule has 1 fully saturated rings. The Morgan fingerprint density at radius 1 is 1.40 bits per heavy atom. The van der Waals surface area contributed by atoms with E-state index in [0.717, 1.165) is 18.6 Å². The Morgan fingerprint density at radius 3 is 2.80 bits per heavy atom. The zero-order valence-corrected chi connectivity index (χ0v) is 12.4. The molecule has 0 radical (unpaired) electrons. The minimum atomic E-state index is -0.933. The number of thioether (sulfide) groups is 1. The molecule has 1 unspecified atom stereocenters. The van der Waals surface area contributed by atoms with Crippen molar-refractivity contribution in [3.05, 3.63) is 0 Å². The summed E-state index contributed by atoms with van der Waals surface area (Å²) in [5, 5.41) is 13.9. The van der Waals surface area contributed by atoms with E-state index < -0.39 is 23.9 Å². The van der Waals surface area contributed by atoms with Crippen molar-refractivity contribution in [1.29, 1.82) is 0 Å². The Balaban J connectivity index is 2.36. The van der Waals surface area contributed by atoms with Crippen LogP contribution in [0.5, 0.6) is 0 Å². The minimum Gasteiger partial charge on any atom is -0.480 e. The summed E-state index contributed by atoms with van der Waals surface area (Å²) in [4.78, 5) is 35.8. The van der Waals surface area contributed by atoms with Gasteiger partial charge < -0.3 is 10.4 Å². The molecule has 114 valence electrons. The highest BCUT2D eigenvalue weighted by Crippen LogP contribution is 2.16. The van der Waals surface area contributed by atoms with Gasteiger partial charge in [0.2, 0.25) is 5.91 Å². The number of carbonyl (C=O) groups excluding carboxylic acids is 2. The van der Waals surface area contributed by atoms with Gasteiger partial charge in [-0.25, -0.2) is 4.79 Å². The summed E-state index contributed by atoms with van der Waals surface area (Å²) >= 11 is 1.56. The summed E-state index contributed by atoms with van der Waals surface area (Å²) < 4.78 is 0. The minimum absolute atomic E-state index is 0.0707. The predicted molar refractivity (Wildman–Crippen MR) is 76.8 cm³/mol. The standard InChI is InChI=1S/C12H21N3O4S/c1-2-3-4-13-12(19)14-10(16)7-15-5-6-20-8-9(15)11(17)18/h9H,2-8H2,1H3,(H,17,18)(H2,13,14,16,19). The van der Waals surface area contributed by atoms with Crippen molar-refractivity contribution >= 4 is 29.7 Å². The summed E-state index contributed by atoms with van der Waals surface area (Å²) in [7, 11) is 0. The number of carboxylic acids is 1. The first-order chi connectivity index (χ1) is 9.54. The molecule has 0 bridgehead atoms. The Hall–Kier alpha value is -1.28. The number of amides is 3. The first kappa shape index (κ1) is 16.8. The number of nitrogens with one attached hydrogen (secondary N) is 2. The van der Waals surface area contributed by atoms with Crippen molar-refractivity contribution < 1.29 is 19.5 Å². The number of carbonyl (C=O) groups is 3. The lowest BCUT2D eigenvalue weighted by Gasteiger charge is -2.31. The van der Waals surface area contributed by atoms with Gasteiger partial charge in [-0.1, -0.05) is 13.3 Å². The van der Waals surface area contributed by atoms with Crippen molar-refractivity contribution in [2.24, 2.45) is 0 Å². The van der Waals surface area contributed by atoms with E-state index in [-0.39, 0.29) is 6.54 Å². The van der Waals surface area contributed by atoms with Crippen LogP contribution in [-0.2, 0) is 9.59 Å². The first-order valence-electron chi connectivity index (χ1n) is 6.67. The zero-order chi connectivity index (χ0) is 15.0. The molecule has 0 spiro atoms. The van der Waals surface area contributed by atoms with E-state index in [2.05, 4.69) is 10.6 Å². The number of imide groups is 1. The number of hydrogen-bond donors (Lipinski definition) is 3. The van der Waals surface area contributed by atoms with Gasteiger partial charge in [0.05, 0.1) is 6.54 Å². The molecule has 3 amide bonds. The van der Waals surface area contributed by atoms with Crippen LogP contribution in [0.3, 0.4) is 0 Å². The molecule has 1 rings (SSSR count). The Labute approximate surface area is 122 Å². The van der Waals surface area contributed by atoms with E-state index in [1.165, 1.54) is 0 Å². The van der Waals surface area contributed by atoms with Crippen LogP contribution in [-0.4, -0.2) is 65.1 Å². The maximum Gasteiger partial charge on any atom is 0.321 e. The lowest BCUT2D eigenvalue weighted by atomic mass is 10.2. The molecule has 7 nitrogen and oxygen atoms in total. The van der Waals surface area contributed by atoms with Gasteiger partial charge in [0, 0.05) is 24.6 Å². The third-order valence-electron chi connectivity index (χ3n) is 2.94. The van der Waals surface area contributed by atoms with Crippen LogP contribution in [0.4, 0.5) is 4.79 Å². The fraction of sp³-hybridized carbons (Fsp3) is 0.750. The van der Waals surface area contributed by atoms with Crippen LogP contribution in [0, 0.1) is 0 Å². The number of aliphatic carboxylic acids is 1. The SMILES string of the molecule is CCCCNC(=O)NC(=O)CN1CCSCC1C(=O)O. The van der Waals surface area contributed by atoms with Crippen molar-refractivity contribution in [2.75, 3.05) is 31.1 Å². The van der Waals surface area contributed by atoms with Crippen LogP contribution in [0.15, 0.2) is 0 Å². The van der Waals surface area contributed by atoms with E-state index in [9.17, 15) is 14.4 Å². The molecule has 8 heteroatoms. The highest BCUT2D eigenvalue weighted by atomic mass is 32.2. The van der Waals surface area contributed by atoms with Crippen LogP contribution in [0.1, 0.15) is 19.8 Å². The van der Waals surface area contributed by atoms with Crippen molar-refractivity contribution in [3.8, 4) is 0 Å². The topological polar surface area (TPSA) is 98.7 Å². The summed E-state index contributed by atoms with van der Waals surface area (Å²) in [6.07, 6.45) is 1.81. The molecule has 1 aliphatic rings.